The Morgan fingerprint density at radius 2 is 2.10 bits per heavy atom. The van der Waals surface area contributed by atoms with Gasteiger partial charge in [-0.2, -0.15) is 0 Å². The Morgan fingerprint density at radius 3 is 2.75 bits per heavy atom. The normalized spacial score (nSPS) is 23.6. The molecule has 3 aliphatic rings. The van der Waals surface area contributed by atoms with Crippen LogP contribution in [0.25, 0.3) is 0 Å². The molecule has 108 valence electrons. The lowest BCUT2D eigenvalue weighted by Gasteiger charge is -2.49. The molecule has 0 radical (unpaired) electrons. The summed E-state index contributed by atoms with van der Waals surface area (Å²) < 4.78 is 10.8. The molecule has 0 aromatic carbocycles. The minimum atomic E-state index is -0.487. The summed E-state index contributed by atoms with van der Waals surface area (Å²) >= 11 is 0. The van der Waals surface area contributed by atoms with Crippen LogP contribution in [-0.2, 0) is 14.3 Å². The van der Waals surface area contributed by atoms with Gasteiger partial charge in [-0.1, -0.05) is 6.08 Å². The molecule has 0 atom stereocenters. The van der Waals surface area contributed by atoms with E-state index in [4.69, 9.17) is 9.47 Å². The average molecular weight is 277 g/mol. The summed E-state index contributed by atoms with van der Waals surface area (Å²) in [6.07, 6.45) is 3.96. The zero-order valence-corrected chi connectivity index (χ0v) is 12.1. The van der Waals surface area contributed by atoms with Crippen LogP contribution in [0.3, 0.4) is 0 Å². The molecule has 0 aromatic rings. The van der Waals surface area contributed by atoms with E-state index in [0.29, 0.717) is 25.5 Å². The van der Waals surface area contributed by atoms with Crippen LogP contribution in [0.2, 0.25) is 0 Å². The fourth-order valence-corrected chi connectivity index (χ4v) is 2.95. The van der Waals surface area contributed by atoms with Crippen LogP contribution in [0.1, 0.15) is 27.2 Å². The van der Waals surface area contributed by atoms with Crippen LogP contribution >= 0.6 is 0 Å². The van der Waals surface area contributed by atoms with Crippen molar-refractivity contribution in [3.8, 4) is 0 Å². The molecule has 1 saturated heterocycles. The minimum absolute atomic E-state index is 0.0566. The second kappa shape index (κ2) is 4.11. The van der Waals surface area contributed by atoms with Gasteiger partial charge in [0.15, 0.2) is 5.76 Å². The van der Waals surface area contributed by atoms with Gasteiger partial charge in [-0.05, 0) is 32.4 Å². The Morgan fingerprint density at radius 1 is 1.40 bits per heavy atom. The fraction of sp³-hybridized carbons (Fsp3) is 0.600. The number of allylic oxidation sites excluding steroid dienone is 1. The predicted molar refractivity (Wildman–Crippen MR) is 72.0 cm³/mol. The smallest absolute Gasteiger partial charge is 0.410 e. The highest BCUT2D eigenvalue weighted by atomic mass is 16.6. The number of hydrogen-bond acceptors (Lipinski definition) is 4. The molecule has 20 heavy (non-hydrogen) atoms. The second-order valence-corrected chi connectivity index (χ2v) is 6.60. The first kappa shape index (κ1) is 13.2. The Balaban J connectivity index is 1.72. The highest BCUT2D eigenvalue weighted by Gasteiger charge is 2.51. The molecule has 1 fully saturated rings. The summed E-state index contributed by atoms with van der Waals surface area (Å²) in [7, 11) is 0. The molecule has 5 heteroatoms. The van der Waals surface area contributed by atoms with E-state index >= 15 is 0 Å². The third-order valence-corrected chi connectivity index (χ3v) is 3.85. The van der Waals surface area contributed by atoms with Crippen molar-refractivity contribution >= 4 is 11.9 Å². The minimum Gasteiger partial charge on any atom is -0.489 e. The lowest BCUT2D eigenvalue weighted by atomic mass is 9.69. The molecule has 1 aliphatic carbocycles. The number of ether oxygens (including phenoxy) is 2. The molecular formula is C15H19NO4. The van der Waals surface area contributed by atoms with Gasteiger partial charge in [-0.15, -0.1) is 0 Å². The SMILES string of the molecule is CC(C)(C)OC(=O)N1CC2(C=CC(=O)C3=C2CCO3)C1. The Bertz CT molecular complexity index is 533. The molecule has 2 aliphatic heterocycles. The van der Waals surface area contributed by atoms with Crippen LogP contribution in [0.5, 0.6) is 0 Å². The standard InChI is InChI=1S/C15H19NO4/c1-14(2,3)20-13(18)16-8-15(9-16)6-4-11(17)12-10(15)5-7-19-12/h4,6H,5,7-9H2,1-3H3. The first-order valence-corrected chi connectivity index (χ1v) is 6.89. The molecule has 5 nitrogen and oxygen atoms in total. The van der Waals surface area contributed by atoms with E-state index in [1.165, 1.54) is 0 Å². The third-order valence-electron chi connectivity index (χ3n) is 3.85. The summed E-state index contributed by atoms with van der Waals surface area (Å²) in [5, 5.41) is 0. The monoisotopic (exact) mass is 277 g/mol. The number of likely N-dealkylation sites (tertiary alicyclic amines) is 1. The Labute approximate surface area is 118 Å². The first-order chi connectivity index (χ1) is 9.31. The van der Waals surface area contributed by atoms with E-state index in [2.05, 4.69) is 0 Å². The topological polar surface area (TPSA) is 55.8 Å². The number of amides is 1. The van der Waals surface area contributed by atoms with Crippen molar-refractivity contribution < 1.29 is 19.1 Å². The summed E-state index contributed by atoms with van der Waals surface area (Å²) in [5.74, 6) is 0.440. The zero-order valence-electron chi connectivity index (χ0n) is 12.1. The number of carbonyl (C=O) groups is 2. The molecule has 1 spiro atoms. The molecule has 0 aromatic heterocycles. The number of ketones is 1. The van der Waals surface area contributed by atoms with Gasteiger partial charge in [0, 0.05) is 24.9 Å². The molecule has 2 heterocycles. The van der Waals surface area contributed by atoms with Crippen LogP contribution in [-0.4, -0.2) is 42.1 Å². The van der Waals surface area contributed by atoms with E-state index < -0.39 is 5.60 Å². The van der Waals surface area contributed by atoms with Crippen molar-refractivity contribution in [3.05, 3.63) is 23.5 Å². The highest BCUT2D eigenvalue weighted by Crippen LogP contribution is 2.47. The van der Waals surface area contributed by atoms with Crippen molar-refractivity contribution in [2.75, 3.05) is 19.7 Å². The van der Waals surface area contributed by atoms with E-state index in [-0.39, 0.29) is 17.3 Å². The van der Waals surface area contributed by atoms with Gasteiger partial charge in [0.2, 0.25) is 5.78 Å². The molecule has 0 saturated carbocycles. The zero-order chi connectivity index (χ0) is 14.5. The van der Waals surface area contributed by atoms with Crippen molar-refractivity contribution in [3.63, 3.8) is 0 Å². The van der Waals surface area contributed by atoms with E-state index in [0.717, 1.165) is 12.0 Å². The van der Waals surface area contributed by atoms with Crippen LogP contribution in [0.15, 0.2) is 23.5 Å². The maximum Gasteiger partial charge on any atom is 0.410 e. The Hall–Kier alpha value is -1.78. The van der Waals surface area contributed by atoms with Gasteiger partial charge in [-0.3, -0.25) is 4.79 Å². The molecule has 0 unspecified atom stereocenters. The van der Waals surface area contributed by atoms with Gasteiger partial charge in [-0.25, -0.2) is 4.79 Å². The predicted octanol–water partition coefficient (Wildman–Crippen LogP) is 2.04. The van der Waals surface area contributed by atoms with Gasteiger partial charge in [0.05, 0.1) is 6.61 Å². The quantitative estimate of drug-likeness (QED) is 0.680. The van der Waals surface area contributed by atoms with Gasteiger partial charge in [0.25, 0.3) is 0 Å². The van der Waals surface area contributed by atoms with Crippen LogP contribution < -0.4 is 0 Å². The summed E-state index contributed by atoms with van der Waals surface area (Å²) in [6, 6.07) is 0. The molecule has 0 bridgehead atoms. The van der Waals surface area contributed by atoms with E-state index in [1.54, 1.807) is 11.0 Å². The maximum atomic E-state index is 12.0. The largest absolute Gasteiger partial charge is 0.489 e. The van der Waals surface area contributed by atoms with E-state index in [9.17, 15) is 9.59 Å². The maximum absolute atomic E-state index is 12.0. The van der Waals surface area contributed by atoms with Crippen molar-refractivity contribution in [1.29, 1.82) is 0 Å². The average Bonchev–Trinajstić information content (AvgIpc) is 2.74. The van der Waals surface area contributed by atoms with Crippen molar-refractivity contribution in [2.45, 2.75) is 32.8 Å². The molecular weight excluding hydrogens is 258 g/mol. The highest BCUT2D eigenvalue weighted by molar-refractivity contribution is 6.05. The number of nitrogens with zero attached hydrogens (tertiary/aromatic N) is 1. The second-order valence-electron chi connectivity index (χ2n) is 6.60. The molecule has 1 amide bonds. The Kier molecular flexibility index (Phi) is 2.71. The van der Waals surface area contributed by atoms with Gasteiger partial charge < -0.3 is 14.4 Å². The molecule has 0 N–H and O–H groups in total. The number of carbonyl (C=O) groups excluding carboxylic acids is 2. The summed E-state index contributed by atoms with van der Waals surface area (Å²) in [5.41, 5.74) is 0.347. The van der Waals surface area contributed by atoms with Gasteiger partial charge >= 0.3 is 6.09 Å². The number of fused-ring (bicyclic) bond motifs is 1. The lowest BCUT2D eigenvalue weighted by molar-refractivity contribution is -0.114. The van der Waals surface area contributed by atoms with Crippen LogP contribution in [0.4, 0.5) is 4.79 Å². The molecule has 3 rings (SSSR count). The number of rotatable bonds is 0. The third kappa shape index (κ3) is 2.01. The van der Waals surface area contributed by atoms with Crippen LogP contribution in [0, 0.1) is 5.41 Å². The lowest BCUT2D eigenvalue weighted by Crippen LogP contribution is -2.59. The fourth-order valence-electron chi connectivity index (χ4n) is 2.95. The van der Waals surface area contributed by atoms with Crippen molar-refractivity contribution in [2.24, 2.45) is 5.41 Å². The first-order valence-electron chi connectivity index (χ1n) is 6.89. The summed E-state index contributed by atoms with van der Waals surface area (Å²) in [4.78, 5) is 25.4. The van der Waals surface area contributed by atoms with Gasteiger partial charge in [0.1, 0.15) is 5.60 Å². The van der Waals surface area contributed by atoms with Crippen molar-refractivity contribution in [1.82, 2.24) is 4.90 Å². The van der Waals surface area contributed by atoms with E-state index in [1.807, 2.05) is 26.8 Å². The number of hydrogen-bond donors (Lipinski definition) is 0. The summed E-state index contributed by atoms with van der Waals surface area (Å²) in [6.45, 7) is 7.25.